The van der Waals surface area contributed by atoms with Gasteiger partial charge < -0.3 is 19.3 Å². The number of hydrogen-bond donors (Lipinski definition) is 0. The Morgan fingerprint density at radius 1 is 0.417 bits per heavy atom. The van der Waals surface area contributed by atoms with E-state index in [1.165, 1.54) is 21.6 Å². The second-order valence-electron chi connectivity index (χ2n) is 16.8. The van der Waals surface area contributed by atoms with E-state index in [2.05, 4.69) is 40.7 Å². The van der Waals surface area contributed by atoms with E-state index in [0.29, 0.717) is 23.2 Å². The third-order valence-electron chi connectivity index (χ3n) is 12.6. The summed E-state index contributed by atoms with van der Waals surface area (Å²) in [6.45, 7) is 0. The van der Waals surface area contributed by atoms with Gasteiger partial charge in [-0.15, -0.1) is 8.80 Å². The molecule has 16 heteroatoms. The lowest BCUT2D eigenvalue weighted by Crippen LogP contribution is -2.54. The van der Waals surface area contributed by atoms with E-state index < -0.39 is 31.9 Å². The van der Waals surface area contributed by atoms with Gasteiger partial charge in [-0.05, 0) is 119 Å². The average Bonchev–Trinajstić information content (AvgIpc) is 3.40. The SMILES string of the molecule is COc1ccc(C2C(c3ccccc3)/C(=N\S(=O)(=O)c3ccc(Br)cc3)N2c2ccccc2SSc2ccccc2N2/C(=N/S(=O)(=O)c3ccc(Br)cc3)C(c3ccccc3)C2c2ccc(OC)cc2)cc1. The van der Waals surface area contributed by atoms with Crippen LogP contribution < -0.4 is 19.3 Å². The first-order chi connectivity index (χ1) is 34.9. The molecule has 4 atom stereocenters. The van der Waals surface area contributed by atoms with Crippen molar-refractivity contribution in [2.45, 2.75) is 43.5 Å². The lowest BCUT2D eigenvalue weighted by molar-refractivity contribution is 0.414. The van der Waals surface area contributed by atoms with Crippen molar-refractivity contribution in [3.05, 3.63) is 237 Å². The van der Waals surface area contributed by atoms with Gasteiger partial charge in [-0.1, -0.05) is 163 Å². The predicted octanol–water partition coefficient (Wildman–Crippen LogP) is 14.3. The molecule has 2 aliphatic rings. The van der Waals surface area contributed by atoms with Crippen molar-refractivity contribution in [2.75, 3.05) is 24.0 Å². The number of nitrogens with zero attached hydrogens (tertiary/aromatic N) is 4. The summed E-state index contributed by atoms with van der Waals surface area (Å²) in [5.74, 6) is 1.30. The Morgan fingerprint density at radius 2 is 0.750 bits per heavy atom. The fourth-order valence-electron chi connectivity index (χ4n) is 9.13. The van der Waals surface area contributed by atoms with E-state index in [1.54, 1.807) is 62.8 Å². The molecule has 4 unspecified atom stereocenters. The molecule has 0 aliphatic carbocycles. The highest BCUT2D eigenvalue weighted by molar-refractivity contribution is 9.10. The molecule has 0 spiro atoms. The van der Waals surface area contributed by atoms with Gasteiger partial charge in [0.15, 0.2) is 0 Å². The van der Waals surface area contributed by atoms with Crippen LogP contribution in [0, 0.1) is 0 Å². The van der Waals surface area contributed by atoms with E-state index in [-0.39, 0.29) is 21.9 Å². The normalized spacial score (nSPS) is 18.9. The van der Waals surface area contributed by atoms with E-state index in [1.807, 2.05) is 168 Å². The highest BCUT2D eigenvalue weighted by Gasteiger charge is 2.51. The minimum atomic E-state index is -4.19. The quantitative estimate of drug-likeness (QED) is 0.0918. The molecule has 0 aromatic heterocycles. The van der Waals surface area contributed by atoms with Gasteiger partial charge in [-0.25, -0.2) is 0 Å². The van der Waals surface area contributed by atoms with Gasteiger partial charge in [-0.2, -0.15) is 16.8 Å². The molecular formula is C56H44Br2N4O6S4. The lowest BCUT2D eigenvalue weighted by Gasteiger charge is -2.51. The Morgan fingerprint density at radius 3 is 1.10 bits per heavy atom. The number of halogens is 2. The Labute approximate surface area is 444 Å². The van der Waals surface area contributed by atoms with Crippen molar-refractivity contribution < 1.29 is 26.3 Å². The van der Waals surface area contributed by atoms with Crippen molar-refractivity contribution in [3.8, 4) is 11.5 Å². The summed E-state index contributed by atoms with van der Waals surface area (Å²) in [6, 6.07) is 63.5. The Bertz CT molecular complexity index is 3280. The Balaban J connectivity index is 1.08. The van der Waals surface area contributed by atoms with Crippen molar-refractivity contribution in [1.29, 1.82) is 0 Å². The molecule has 8 aromatic rings. The minimum Gasteiger partial charge on any atom is -0.497 e. The van der Waals surface area contributed by atoms with Crippen molar-refractivity contribution in [3.63, 3.8) is 0 Å². The number of amidine groups is 2. The van der Waals surface area contributed by atoms with Gasteiger partial charge in [0.25, 0.3) is 20.0 Å². The topological polar surface area (TPSA) is 118 Å². The van der Waals surface area contributed by atoms with E-state index in [0.717, 1.165) is 52.4 Å². The molecule has 0 amide bonds. The fraction of sp³-hybridized carbons (Fsp3) is 0.107. The van der Waals surface area contributed by atoms with Gasteiger partial charge in [0.2, 0.25) is 0 Å². The first-order valence-corrected chi connectivity index (χ1v) is 29.3. The van der Waals surface area contributed by atoms with Crippen LogP contribution in [0.5, 0.6) is 11.5 Å². The number of sulfonamides is 2. The second-order valence-corrected chi connectivity index (χ2v) is 24.1. The predicted molar refractivity (Wildman–Crippen MR) is 297 cm³/mol. The number of rotatable bonds is 15. The molecule has 2 fully saturated rings. The maximum atomic E-state index is 14.3. The molecular weight excluding hydrogens is 1110 g/mol. The van der Waals surface area contributed by atoms with Crippen LogP contribution in [0.15, 0.2) is 244 Å². The van der Waals surface area contributed by atoms with Gasteiger partial charge in [0, 0.05) is 18.7 Å². The zero-order valence-corrected chi connectivity index (χ0v) is 45.0. The molecule has 2 heterocycles. The maximum absolute atomic E-state index is 14.3. The Kier molecular flexibility index (Phi) is 14.5. The van der Waals surface area contributed by atoms with Crippen LogP contribution in [0.2, 0.25) is 0 Å². The monoisotopic (exact) mass is 1150 g/mol. The molecule has 362 valence electrons. The first-order valence-electron chi connectivity index (χ1n) is 22.6. The van der Waals surface area contributed by atoms with Gasteiger partial charge in [-0.3, -0.25) is 0 Å². The van der Waals surface area contributed by atoms with Crippen LogP contribution in [-0.2, 0) is 20.0 Å². The summed E-state index contributed by atoms with van der Waals surface area (Å²) in [5.41, 5.74) is 5.25. The molecule has 8 aromatic carbocycles. The van der Waals surface area contributed by atoms with E-state index in [4.69, 9.17) is 9.47 Å². The summed E-state index contributed by atoms with van der Waals surface area (Å²) in [4.78, 5) is 5.91. The highest BCUT2D eigenvalue weighted by atomic mass is 79.9. The van der Waals surface area contributed by atoms with E-state index >= 15 is 0 Å². The van der Waals surface area contributed by atoms with Crippen LogP contribution >= 0.6 is 53.4 Å². The van der Waals surface area contributed by atoms with Gasteiger partial charge in [0.05, 0.1) is 59.3 Å². The maximum Gasteiger partial charge on any atom is 0.283 e. The average molecular weight is 1160 g/mol. The fourth-order valence-corrected chi connectivity index (χ4v) is 14.1. The molecule has 0 radical (unpaired) electrons. The molecule has 10 nitrogen and oxygen atoms in total. The molecule has 72 heavy (non-hydrogen) atoms. The summed E-state index contributed by atoms with van der Waals surface area (Å²) >= 11 is 6.87. The molecule has 0 bridgehead atoms. The van der Waals surface area contributed by atoms with Crippen LogP contribution in [0.3, 0.4) is 0 Å². The zero-order valence-electron chi connectivity index (χ0n) is 38.6. The third kappa shape index (κ3) is 10.00. The molecule has 0 N–H and O–H groups in total. The smallest absolute Gasteiger partial charge is 0.283 e. The minimum absolute atomic E-state index is 0.0775. The van der Waals surface area contributed by atoms with E-state index in [9.17, 15) is 16.8 Å². The van der Waals surface area contributed by atoms with Gasteiger partial charge in [0.1, 0.15) is 23.2 Å². The summed E-state index contributed by atoms with van der Waals surface area (Å²) in [5, 5.41) is 0. The molecule has 2 aliphatic heterocycles. The van der Waals surface area contributed by atoms with Crippen molar-refractivity contribution >= 4 is 96.5 Å². The molecule has 10 rings (SSSR count). The number of benzene rings is 8. The van der Waals surface area contributed by atoms with Crippen LogP contribution in [-0.4, -0.2) is 42.7 Å². The second kappa shape index (κ2) is 21.1. The number of anilines is 2. The first kappa shape index (κ1) is 49.4. The largest absolute Gasteiger partial charge is 0.497 e. The number of para-hydroxylation sites is 2. The summed E-state index contributed by atoms with van der Waals surface area (Å²) in [7, 11) is -2.09. The standard InChI is InChI=1S/C56H44Br2N4O6S4/c1-67-43-29-21-39(22-30-43)53-51(37-13-5-3-6-14-37)55(59-71(63,64)45-33-25-41(57)26-34-45)61(53)47-17-9-11-19-49(47)69-70-50-20-12-10-18-48(50)62-54(40-23-31-44(68-2)32-24-40)52(38-15-7-4-8-16-38)56(62)60-72(65,66)46-35-27-42(58)28-36-46/h3-36,51-54H,1-2H3/b59-55+,60-56+. The molecule has 0 saturated carbocycles. The third-order valence-corrected chi connectivity index (χ3v) is 18.7. The number of ether oxygens (including phenoxy) is 2. The van der Waals surface area contributed by atoms with Crippen LogP contribution in [0.4, 0.5) is 11.4 Å². The van der Waals surface area contributed by atoms with Crippen molar-refractivity contribution in [2.24, 2.45) is 8.80 Å². The van der Waals surface area contributed by atoms with Crippen molar-refractivity contribution in [1.82, 2.24) is 0 Å². The lowest BCUT2D eigenvalue weighted by atomic mass is 9.77. The number of hydrogen-bond acceptors (Lipinski definition) is 8. The van der Waals surface area contributed by atoms with Crippen LogP contribution in [0.1, 0.15) is 46.2 Å². The summed E-state index contributed by atoms with van der Waals surface area (Å²) in [6.07, 6.45) is 0. The number of methoxy groups -OCH3 is 2. The Hall–Kier alpha value is -6.14. The highest BCUT2D eigenvalue weighted by Crippen LogP contribution is 2.57. The zero-order chi connectivity index (χ0) is 50.0. The van der Waals surface area contributed by atoms with Gasteiger partial charge >= 0.3 is 0 Å². The summed E-state index contributed by atoms with van der Waals surface area (Å²) < 4.78 is 79.3. The van der Waals surface area contributed by atoms with Crippen LogP contribution in [0.25, 0.3) is 0 Å². The molecule has 2 saturated heterocycles.